The second-order valence-electron chi connectivity index (χ2n) is 4.95. The SMILES string of the molecule is CCN(Cc1ccccc1C)C(=O)C(C)(N)C(F)(F)F. The molecule has 1 aromatic carbocycles. The molecule has 1 atom stereocenters. The van der Waals surface area contributed by atoms with Crippen molar-refractivity contribution in [2.45, 2.75) is 39.0 Å². The Hall–Kier alpha value is -1.56. The first-order valence-electron chi connectivity index (χ1n) is 6.30. The van der Waals surface area contributed by atoms with Gasteiger partial charge in [0.1, 0.15) is 0 Å². The molecule has 0 fully saturated rings. The van der Waals surface area contributed by atoms with Crippen molar-refractivity contribution in [3.8, 4) is 0 Å². The number of nitrogens with two attached hydrogens (primary N) is 1. The minimum atomic E-state index is -4.77. The molecular formula is C14H19F3N2O. The van der Waals surface area contributed by atoms with Crippen molar-refractivity contribution >= 4 is 5.91 Å². The predicted molar refractivity (Wildman–Crippen MR) is 70.9 cm³/mol. The Kier molecular flexibility index (Phi) is 4.81. The van der Waals surface area contributed by atoms with Crippen LogP contribution in [0.2, 0.25) is 0 Å². The van der Waals surface area contributed by atoms with Crippen LogP contribution in [0.15, 0.2) is 24.3 Å². The van der Waals surface area contributed by atoms with E-state index < -0.39 is 17.6 Å². The lowest BCUT2D eigenvalue weighted by molar-refractivity contribution is -0.194. The fraction of sp³-hybridized carbons (Fsp3) is 0.500. The maximum atomic E-state index is 12.8. The van der Waals surface area contributed by atoms with Crippen LogP contribution in [-0.4, -0.2) is 29.1 Å². The zero-order valence-electron chi connectivity index (χ0n) is 11.8. The first-order valence-corrected chi connectivity index (χ1v) is 6.30. The molecule has 0 aliphatic carbocycles. The standard InChI is InChI=1S/C14H19F3N2O/c1-4-19(9-11-8-6-5-7-10(11)2)12(20)13(3,18)14(15,16)17/h5-8H,4,9,18H2,1-3H3. The van der Waals surface area contributed by atoms with Gasteiger partial charge in [0.2, 0.25) is 0 Å². The van der Waals surface area contributed by atoms with E-state index >= 15 is 0 Å². The summed E-state index contributed by atoms with van der Waals surface area (Å²) in [4.78, 5) is 13.2. The summed E-state index contributed by atoms with van der Waals surface area (Å²) in [5, 5.41) is 0. The fourth-order valence-corrected chi connectivity index (χ4v) is 1.77. The largest absolute Gasteiger partial charge is 0.415 e. The molecule has 6 heteroatoms. The van der Waals surface area contributed by atoms with Crippen LogP contribution in [0.4, 0.5) is 13.2 Å². The third-order valence-electron chi connectivity index (χ3n) is 3.32. The molecule has 0 saturated carbocycles. The molecule has 0 bridgehead atoms. The van der Waals surface area contributed by atoms with E-state index in [1.54, 1.807) is 19.1 Å². The van der Waals surface area contributed by atoms with Crippen molar-refractivity contribution in [3.05, 3.63) is 35.4 Å². The fourth-order valence-electron chi connectivity index (χ4n) is 1.77. The van der Waals surface area contributed by atoms with Gasteiger partial charge in [-0.2, -0.15) is 13.2 Å². The van der Waals surface area contributed by atoms with E-state index in [2.05, 4.69) is 0 Å². The number of aryl methyl sites for hydroxylation is 1. The van der Waals surface area contributed by atoms with Gasteiger partial charge in [0.15, 0.2) is 5.54 Å². The molecule has 1 unspecified atom stereocenters. The number of halogens is 3. The Morgan fingerprint density at radius 2 is 1.85 bits per heavy atom. The topological polar surface area (TPSA) is 46.3 Å². The van der Waals surface area contributed by atoms with Crippen molar-refractivity contribution in [1.82, 2.24) is 4.90 Å². The summed E-state index contributed by atoms with van der Waals surface area (Å²) in [6.45, 7) is 4.46. The van der Waals surface area contributed by atoms with E-state index in [1.807, 2.05) is 19.1 Å². The number of amides is 1. The molecule has 0 heterocycles. The van der Waals surface area contributed by atoms with E-state index in [0.717, 1.165) is 16.0 Å². The van der Waals surface area contributed by atoms with E-state index in [0.29, 0.717) is 6.92 Å². The lowest BCUT2D eigenvalue weighted by Crippen LogP contribution is -2.62. The maximum Gasteiger partial charge on any atom is 0.415 e. The minimum Gasteiger partial charge on any atom is -0.337 e. The maximum absolute atomic E-state index is 12.8. The van der Waals surface area contributed by atoms with Gasteiger partial charge in [-0.25, -0.2) is 0 Å². The summed E-state index contributed by atoms with van der Waals surface area (Å²) in [6, 6.07) is 7.25. The molecule has 2 N–H and O–H groups in total. The molecule has 1 aromatic rings. The van der Waals surface area contributed by atoms with Gasteiger partial charge in [-0.05, 0) is 31.9 Å². The molecule has 0 saturated heterocycles. The van der Waals surface area contributed by atoms with Crippen LogP contribution in [0.25, 0.3) is 0 Å². The molecule has 1 rings (SSSR count). The highest BCUT2D eigenvalue weighted by Crippen LogP contribution is 2.30. The van der Waals surface area contributed by atoms with Crippen molar-refractivity contribution in [1.29, 1.82) is 0 Å². The Labute approximate surface area is 116 Å². The first kappa shape index (κ1) is 16.5. The van der Waals surface area contributed by atoms with E-state index in [9.17, 15) is 18.0 Å². The monoisotopic (exact) mass is 288 g/mol. The highest BCUT2D eigenvalue weighted by molar-refractivity contribution is 5.86. The zero-order valence-corrected chi connectivity index (χ0v) is 11.8. The second kappa shape index (κ2) is 5.83. The highest BCUT2D eigenvalue weighted by Gasteiger charge is 2.55. The Bertz CT molecular complexity index is 484. The van der Waals surface area contributed by atoms with Crippen LogP contribution in [-0.2, 0) is 11.3 Å². The Balaban J connectivity index is 2.98. The number of benzene rings is 1. The van der Waals surface area contributed by atoms with Crippen LogP contribution in [0.3, 0.4) is 0 Å². The molecule has 1 amide bonds. The molecule has 0 aliphatic heterocycles. The van der Waals surface area contributed by atoms with E-state index in [1.165, 1.54) is 0 Å². The third kappa shape index (κ3) is 3.30. The third-order valence-corrected chi connectivity index (χ3v) is 3.32. The number of hydrogen-bond acceptors (Lipinski definition) is 2. The normalized spacial score (nSPS) is 14.8. The quantitative estimate of drug-likeness (QED) is 0.925. The van der Waals surface area contributed by atoms with Crippen LogP contribution >= 0.6 is 0 Å². The van der Waals surface area contributed by atoms with Gasteiger partial charge in [-0.3, -0.25) is 4.79 Å². The van der Waals surface area contributed by atoms with Gasteiger partial charge in [0, 0.05) is 13.1 Å². The number of likely N-dealkylation sites (N-methyl/N-ethyl adjacent to an activating group) is 1. The number of alkyl halides is 3. The highest BCUT2D eigenvalue weighted by atomic mass is 19.4. The molecule has 0 aliphatic rings. The summed E-state index contributed by atoms with van der Waals surface area (Å²) < 4.78 is 38.5. The van der Waals surface area contributed by atoms with Gasteiger partial charge >= 0.3 is 6.18 Å². The summed E-state index contributed by atoms with van der Waals surface area (Å²) >= 11 is 0. The Morgan fingerprint density at radius 1 is 1.30 bits per heavy atom. The van der Waals surface area contributed by atoms with Gasteiger partial charge in [-0.1, -0.05) is 24.3 Å². The number of rotatable bonds is 4. The number of carbonyl (C=O) groups excluding carboxylic acids is 1. The number of hydrogen-bond donors (Lipinski definition) is 1. The lowest BCUT2D eigenvalue weighted by Gasteiger charge is -2.32. The number of carbonyl (C=O) groups is 1. The first-order chi connectivity index (χ1) is 9.11. The Morgan fingerprint density at radius 3 is 2.30 bits per heavy atom. The van der Waals surface area contributed by atoms with Crippen molar-refractivity contribution in [2.75, 3.05) is 6.54 Å². The van der Waals surface area contributed by atoms with Crippen molar-refractivity contribution in [3.63, 3.8) is 0 Å². The zero-order chi connectivity index (χ0) is 15.6. The van der Waals surface area contributed by atoms with Gasteiger partial charge in [0.05, 0.1) is 0 Å². The van der Waals surface area contributed by atoms with Gasteiger partial charge in [-0.15, -0.1) is 0 Å². The van der Waals surface area contributed by atoms with Gasteiger partial charge in [0.25, 0.3) is 5.91 Å². The smallest absolute Gasteiger partial charge is 0.337 e. The molecule has 3 nitrogen and oxygen atoms in total. The summed E-state index contributed by atoms with van der Waals surface area (Å²) in [6.07, 6.45) is -4.77. The molecule has 0 radical (unpaired) electrons. The van der Waals surface area contributed by atoms with Crippen LogP contribution < -0.4 is 5.73 Å². The van der Waals surface area contributed by atoms with Crippen molar-refractivity contribution < 1.29 is 18.0 Å². The van der Waals surface area contributed by atoms with E-state index in [4.69, 9.17) is 5.73 Å². The summed E-state index contributed by atoms with van der Waals surface area (Å²) in [5.41, 5.74) is 4.05. The molecule has 112 valence electrons. The van der Waals surface area contributed by atoms with Crippen LogP contribution in [0.5, 0.6) is 0 Å². The van der Waals surface area contributed by atoms with E-state index in [-0.39, 0.29) is 13.1 Å². The lowest BCUT2D eigenvalue weighted by atomic mass is 10.00. The molecule has 20 heavy (non-hydrogen) atoms. The van der Waals surface area contributed by atoms with Crippen LogP contribution in [0, 0.1) is 6.92 Å². The molecule has 0 aromatic heterocycles. The van der Waals surface area contributed by atoms with Crippen molar-refractivity contribution in [2.24, 2.45) is 5.73 Å². The second-order valence-corrected chi connectivity index (χ2v) is 4.95. The summed E-state index contributed by atoms with van der Waals surface area (Å²) in [5.74, 6) is -1.12. The average Bonchev–Trinajstić information content (AvgIpc) is 2.35. The predicted octanol–water partition coefficient (Wildman–Crippen LogP) is 2.62. The molecule has 0 spiro atoms. The van der Waals surface area contributed by atoms with Gasteiger partial charge < -0.3 is 10.6 Å². The number of nitrogens with zero attached hydrogens (tertiary/aromatic N) is 1. The van der Waals surface area contributed by atoms with Crippen LogP contribution in [0.1, 0.15) is 25.0 Å². The summed E-state index contributed by atoms with van der Waals surface area (Å²) in [7, 11) is 0. The molecular weight excluding hydrogens is 269 g/mol. The minimum absolute atomic E-state index is 0.116. The average molecular weight is 288 g/mol.